The summed E-state index contributed by atoms with van der Waals surface area (Å²) < 4.78 is 0. The SMILES string of the molecule is CC1C(C)C(C)C(C)C1C.C[O-].C[O-].C[O-].[Ti+4]. The van der Waals surface area contributed by atoms with Gasteiger partial charge in [0.2, 0.25) is 0 Å². The molecule has 1 aliphatic rings. The van der Waals surface area contributed by atoms with Gasteiger partial charge in [0, 0.05) is 0 Å². The Labute approximate surface area is 123 Å². The largest absolute Gasteiger partial charge is 4.00 e. The average molecular weight is 281 g/mol. The van der Waals surface area contributed by atoms with Crippen LogP contribution in [0.3, 0.4) is 0 Å². The molecule has 1 rings (SSSR count). The third-order valence-electron chi connectivity index (χ3n) is 4.15. The monoisotopic (exact) mass is 281 g/mol. The first-order valence-corrected chi connectivity index (χ1v) is 5.78. The van der Waals surface area contributed by atoms with E-state index in [1.807, 2.05) is 0 Å². The summed E-state index contributed by atoms with van der Waals surface area (Å²) in [6, 6.07) is 0. The minimum absolute atomic E-state index is 0. The summed E-state index contributed by atoms with van der Waals surface area (Å²) in [7, 11) is 2.25. The van der Waals surface area contributed by atoms with E-state index in [4.69, 9.17) is 15.3 Å². The fourth-order valence-electron chi connectivity index (χ4n) is 2.39. The first-order valence-electron chi connectivity index (χ1n) is 5.78. The molecule has 0 aromatic carbocycles. The molecule has 102 valence electrons. The molecule has 0 atom stereocenters. The third-order valence-corrected chi connectivity index (χ3v) is 4.15. The third kappa shape index (κ3) is 8.33. The normalized spacial score (nSPS) is 33.7. The van der Waals surface area contributed by atoms with E-state index in [0.717, 1.165) is 50.9 Å². The summed E-state index contributed by atoms with van der Waals surface area (Å²) in [6.45, 7) is 12.0. The summed E-state index contributed by atoms with van der Waals surface area (Å²) in [4.78, 5) is 0. The van der Waals surface area contributed by atoms with E-state index in [0.29, 0.717) is 0 Å². The Kier molecular flexibility index (Phi) is 25.6. The van der Waals surface area contributed by atoms with Crippen molar-refractivity contribution in [2.45, 2.75) is 34.6 Å². The van der Waals surface area contributed by atoms with Gasteiger partial charge in [-0.05, 0) is 29.6 Å². The van der Waals surface area contributed by atoms with E-state index in [9.17, 15) is 0 Å². The van der Waals surface area contributed by atoms with Crippen molar-refractivity contribution in [3.63, 3.8) is 0 Å². The van der Waals surface area contributed by atoms with Gasteiger partial charge in [-0.25, -0.2) is 0 Å². The molecule has 4 heteroatoms. The molecule has 0 aromatic heterocycles. The number of rotatable bonds is 0. The summed E-state index contributed by atoms with van der Waals surface area (Å²) in [6.07, 6.45) is 0. The van der Waals surface area contributed by atoms with Crippen LogP contribution < -0.4 is 15.3 Å². The second-order valence-corrected chi connectivity index (χ2v) is 4.30. The second-order valence-electron chi connectivity index (χ2n) is 4.30. The predicted octanol–water partition coefficient (Wildman–Crippen LogP) is 0.108. The molecule has 17 heavy (non-hydrogen) atoms. The average Bonchev–Trinajstić information content (AvgIpc) is 2.55. The van der Waals surface area contributed by atoms with Crippen molar-refractivity contribution >= 4 is 0 Å². The van der Waals surface area contributed by atoms with Gasteiger partial charge in [-0.15, -0.1) is 0 Å². The summed E-state index contributed by atoms with van der Waals surface area (Å²) in [5, 5.41) is 24.8. The van der Waals surface area contributed by atoms with E-state index in [-0.39, 0.29) is 21.7 Å². The molecular formula is C13H29O3Ti+. The molecule has 0 aliphatic heterocycles. The van der Waals surface area contributed by atoms with E-state index in [1.165, 1.54) is 0 Å². The van der Waals surface area contributed by atoms with Gasteiger partial charge in [0.25, 0.3) is 0 Å². The van der Waals surface area contributed by atoms with E-state index in [2.05, 4.69) is 34.6 Å². The van der Waals surface area contributed by atoms with Crippen LogP contribution in [0.2, 0.25) is 0 Å². The Morgan fingerprint density at radius 1 is 0.412 bits per heavy atom. The zero-order chi connectivity index (χ0) is 13.9. The van der Waals surface area contributed by atoms with Crippen LogP contribution in [0.4, 0.5) is 0 Å². The molecule has 0 N–H and O–H groups in total. The van der Waals surface area contributed by atoms with Crippen LogP contribution in [0.5, 0.6) is 0 Å². The summed E-state index contributed by atoms with van der Waals surface area (Å²) in [5.41, 5.74) is 0. The van der Waals surface area contributed by atoms with Crippen molar-refractivity contribution in [2.75, 3.05) is 21.3 Å². The zero-order valence-corrected chi connectivity index (χ0v) is 14.2. The fraction of sp³-hybridized carbons (Fsp3) is 1.00. The Balaban J connectivity index is -0.000000106. The standard InChI is InChI=1S/C10H20.3CH3O.Ti/c1-6-7(2)9(4)10(5)8(6)3;3*1-2;/h6-10H,1-5H3;3*1H3;/q;3*-1;+4. The molecule has 1 saturated carbocycles. The van der Waals surface area contributed by atoms with Crippen LogP contribution in [0.15, 0.2) is 0 Å². The molecular weight excluding hydrogens is 252 g/mol. The van der Waals surface area contributed by atoms with E-state index >= 15 is 0 Å². The van der Waals surface area contributed by atoms with Gasteiger partial charge < -0.3 is 15.3 Å². The molecule has 0 heterocycles. The Bertz CT molecular complexity index is 89.0. The van der Waals surface area contributed by atoms with Gasteiger partial charge in [0.05, 0.1) is 0 Å². The van der Waals surface area contributed by atoms with Crippen molar-refractivity contribution in [1.29, 1.82) is 0 Å². The van der Waals surface area contributed by atoms with Crippen LogP contribution >= 0.6 is 0 Å². The fourth-order valence-corrected chi connectivity index (χ4v) is 2.39. The Morgan fingerprint density at radius 3 is 0.529 bits per heavy atom. The van der Waals surface area contributed by atoms with Crippen molar-refractivity contribution < 1.29 is 37.0 Å². The van der Waals surface area contributed by atoms with Crippen molar-refractivity contribution in [3.8, 4) is 0 Å². The van der Waals surface area contributed by atoms with Gasteiger partial charge in [0.1, 0.15) is 0 Å². The summed E-state index contributed by atoms with van der Waals surface area (Å²) >= 11 is 0. The van der Waals surface area contributed by atoms with Crippen LogP contribution in [0, 0.1) is 29.6 Å². The van der Waals surface area contributed by atoms with Gasteiger partial charge in [-0.1, -0.05) is 34.6 Å². The minimum Gasteiger partial charge on any atom is -0.857 e. The predicted molar refractivity (Wildman–Crippen MR) is 63.6 cm³/mol. The van der Waals surface area contributed by atoms with E-state index < -0.39 is 0 Å². The topological polar surface area (TPSA) is 69.2 Å². The maximum atomic E-state index is 8.25. The Morgan fingerprint density at radius 2 is 0.471 bits per heavy atom. The smallest absolute Gasteiger partial charge is 0.857 e. The zero-order valence-electron chi connectivity index (χ0n) is 12.6. The first kappa shape index (κ1) is 26.2. The van der Waals surface area contributed by atoms with Gasteiger partial charge in [-0.2, -0.15) is 21.3 Å². The quantitative estimate of drug-likeness (QED) is 0.592. The second kappa shape index (κ2) is 16.6. The maximum Gasteiger partial charge on any atom is 4.00 e. The molecule has 0 amide bonds. The maximum absolute atomic E-state index is 8.25. The number of hydrogen-bond donors (Lipinski definition) is 0. The molecule has 0 saturated heterocycles. The van der Waals surface area contributed by atoms with Crippen LogP contribution in [-0.4, -0.2) is 21.3 Å². The van der Waals surface area contributed by atoms with Crippen LogP contribution in [0.1, 0.15) is 34.6 Å². The Hall–Kier alpha value is 0.594. The molecule has 0 spiro atoms. The molecule has 0 bridgehead atoms. The molecule has 1 fully saturated rings. The molecule has 3 nitrogen and oxygen atoms in total. The van der Waals surface area contributed by atoms with Crippen molar-refractivity contribution in [2.24, 2.45) is 29.6 Å². The van der Waals surface area contributed by atoms with Crippen LogP contribution in [-0.2, 0) is 21.7 Å². The number of hydrogen-bond acceptors (Lipinski definition) is 3. The van der Waals surface area contributed by atoms with Crippen molar-refractivity contribution in [3.05, 3.63) is 0 Å². The van der Waals surface area contributed by atoms with Gasteiger partial charge in [0.15, 0.2) is 0 Å². The molecule has 0 aromatic rings. The summed E-state index contributed by atoms with van der Waals surface area (Å²) in [5.74, 6) is 4.68. The van der Waals surface area contributed by atoms with Gasteiger partial charge >= 0.3 is 21.7 Å². The van der Waals surface area contributed by atoms with E-state index in [1.54, 1.807) is 0 Å². The molecule has 0 radical (unpaired) electrons. The molecule has 1 aliphatic carbocycles. The first-order chi connectivity index (χ1) is 7.55. The minimum atomic E-state index is 0. The molecule has 0 unspecified atom stereocenters. The van der Waals surface area contributed by atoms with Gasteiger partial charge in [-0.3, -0.25) is 0 Å². The van der Waals surface area contributed by atoms with Crippen molar-refractivity contribution in [1.82, 2.24) is 0 Å². The van der Waals surface area contributed by atoms with Crippen LogP contribution in [0.25, 0.3) is 0 Å².